The smallest absolute Gasteiger partial charge is 0.269 e. The van der Waals surface area contributed by atoms with Crippen LogP contribution < -0.4 is 10.4 Å². The average Bonchev–Trinajstić information content (AvgIpc) is 3.10. The number of carboxylic acid groups (broad SMARTS) is 1. The number of carboxylic acids is 1. The van der Waals surface area contributed by atoms with Crippen LogP contribution in [-0.2, 0) is 0 Å². The standard InChI is InChI=1S/C17H11N3O5S/c21-15(12-3-1-2-4-13(12)16(22)23)19-17-18-14(9-26-17)10-5-7-11(8-6-10)20(24)25/h1-9H,(H,22,23)(H,18,19,21)/p-1. The molecule has 0 bridgehead atoms. The van der Waals surface area contributed by atoms with Gasteiger partial charge in [0.15, 0.2) is 5.13 Å². The molecule has 0 saturated carbocycles. The number of rotatable bonds is 5. The molecule has 0 saturated heterocycles. The minimum Gasteiger partial charge on any atom is -0.545 e. The first-order chi connectivity index (χ1) is 12.5. The number of hydrogen-bond acceptors (Lipinski definition) is 7. The van der Waals surface area contributed by atoms with Gasteiger partial charge in [-0.25, -0.2) is 4.98 Å². The van der Waals surface area contributed by atoms with E-state index in [1.807, 2.05) is 0 Å². The number of nitro benzene ring substituents is 1. The molecule has 0 radical (unpaired) electrons. The van der Waals surface area contributed by atoms with Crippen molar-refractivity contribution in [2.45, 2.75) is 0 Å². The van der Waals surface area contributed by atoms with E-state index in [-0.39, 0.29) is 21.9 Å². The Bertz CT molecular complexity index is 998. The lowest BCUT2D eigenvalue weighted by molar-refractivity contribution is -0.384. The van der Waals surface area contributed by atoms with Gasteiger partial charge in [-0.05, 0) is 18.2 Å². The molecule has 0 fully saturated rings. The Labute approximate surface area is 150 Å². The van der Waals surface area contributed by atoms with E-state index in [0.717, 1.165) is 11.3 Å². The fourth-order valence-corrected chi connectivity index (χ4v) is 2.96. The summed E-state index contributed by atoms with van der Waals surface area (Å²) in [5, 5.41) is 26.3. The van der Waals surface area contributed by atoms with E-state index >= 15 is 0 Å². The molecule has 1 N–H and O–H groups in total. The molecular formula is C17H10N3O5S-. The van der Waals surface area contributed by atoms with Gasteiger partial charge in [0.05, 0.1) is 16.6 Å². The zero-order valence-electron chi connectivity index (χ0n) is 13.0. The summed E-state index contributed by atoms with van der Waals surface area (Å²) in [4.78, 5) is 37.8. The van der Waals surface area contributed by atoms with Crippen molar-refractivity contribution in [2.75, 3.05) is 5.32 Å². The lowest BCUT2D eigenvalue weighted by Crippen LogP contribution is -2.26. The highest BCUT2D eigenvalue weighted by molar-refractivity contribution is 7.14. The first-order valence-corrected chi connectivity index (χ1v) is 8.16. The first-order valence-electron chi connectivity index (χ1n) is 7.28. The highest BCUT2D eigenvalue weighted by Crippen LogP contribution is 2.27. The lowest BCUT2D eigenvalue weighted by atomic mass is 10.1. The van der Waals surface area contributed by atoms with Crippen LogP contribution in [0.2, 0.25) is 0 Å². The minimum atomic E-state index is -1.44. The second-order valence-corrected chi connectivity index (χ2v) is 5.99. The molecule has 0 aliphatic rings. The second kappa shape index (κ2) is 7.11. The predicted molar refractivity (Wildman–Crippen MR) is 92.9 cm³/mol. The molecule has 1 amide bonds. The first kappa shape index (κ1) is 17.2. The molecule has 3 aromatic rings. The van der Waals surface area contributed by atoms with Crippen molar-refractivity contribution >= 4 is 34.0 Å². The number of aromatic nitrogens is 1. The summed E-state index contributed by atoms with van der Waals surface area (Å²) < 4.78 is 0. The van der Waals surface area contributed by atoms with Crippen LogP contribution >= 0.6 is 11.3 Å². The number of thiazole rings is 1. The number of anilines is 1. The maximum absolute atomic E-state index is 12.3. The largest absolute Gasteiger partial charge is 0.545 e. The zero-order valence-corrected chi connectivity index (χ0v) is 13.9. The molecule has 0 unspecified atom stereocenters. The number of amides is 1. The van der Waals surface area contributed by atoms with Gasteiger partial charge in [-0.15, -0.1) is 11.3 Å². The van der Waals surface area contributed by atoms with E-state index in [4.69, 9.17) is 0 Å². The van der Waals surface area contributed by atoms with E-state index in [1.165, 1.54) is 30.3 Å². The lowest BCUT2D eigenvalue weighted by Gasteiger charge is -2.09. The zero-order chi connectivity index (χ0) is 18.7. The van der Waals surface area contributed by atoms with Gasteiger partial charge in [-0.3, -0.25) is 20.2 Å². The fourth-order valence-electron chi connectivity index (χ4n) is 2.24. The van der Waals surface area contributed by atoms with Gasteiger partial charge in [-0.1, -0.05) is 18.2 Å². The Balaban J connectivity index is 1.79. The molecule has 0 atom stereocenters. The number of carbonyl (C=O) groups excluding carboxylic acids is 2. The normalized spacial score (nSPS) is 10.3. The van der Waals surface area contributed by atoms with E-state index in [0.29, 0.717) is 11.3 Å². The molecule has 26 heavy (non-hydrogen) atoms. The van der Waals surface area contributed by atoms with Crippen LogP contribution in [0.5, 0.6) is 0 Å². The van der Waals surface area contributed by atoms with E-state index in [9.17, 15) is 24.8 Å². The highest BCUT2D eigenvalue weighted by Gasteiger charge is 2.14. The number of nitro groups is 1. The topological polar surface area (TPSA) is 125 Å². The van der Waals surface area contributed by atoms with Crippen LogP contribution in [0.4, 0.5) is 10.8 Å². The molecule has 130 valence electrons. The van der Waals surface area contributed by atoms with Gasteiger partial charge in [0.2, 0.25) is 0 Å². The molecule has 1 heterocycles. The highest BCUT2D eigenvalue weighted by atomic mass is 32.1. The second-order valence-electron chi connectivity index (χ2n) is 5.13. The van der Waals surface area contributed by atoms with Crippen molar-refractivity contribution in [1.82, 2.24) is 4.98 Å². The Morgan fingerprint density at radius 2 is 1.69 bits per heavy atom. The molecule has 3 rings (SSSR count). The van der Waals surface area contributed by atoms with Crippen LogP contribution in [0, 0.1) is 10.1 Å². The Morgan fingerprint density at radius 3 is 2.31 bits per heavy atom. The fraction of sp³-hybridized carbons (Fsp3) is 0. The molecular weight excluding hydrogens is 358 g/mol. The number of benzene rings is 2. The Morgan fingerprint density at radius 1 is 1.04 bits per heavy atom. The van der Waals surface area contributed by atoms with Crippen LogP contribution in [0.1, 0.15) is 20.7 Å². The molecule has 9 heteroatoms. The van der Waals surface area contributed by atoms with Crippen molar-refractivity contribution in [3.63, 3.8) is 0 Å². The van der Waals surface area contributed by atoms with Gasteiger partial charge < -0.3 is 9.90 Å². The van der Waals surface area contributed by atoms with Crippen LogP contribution in [0.3, 0.4) is 0 Å². The minimum absolute atomic E-state index is 0.0282. The molecule has 1 aromatic heterocycles. The molecule has 0 aliphatic heterocycles. The summed E-state index contributed by atoms with van der Waals surface area (Å²) in [6.07, 6.45) is 0. The third kappa shape index (κ3) is 3.57. The third-order valence-electron chi connectivity index (χ3n) is 3.49. The Hall–Kier alpha value is -3.59. The molecule has 2 aromatic carbocycles. The summed E-state index contributed by atoms with van der Waals surface area (Å²) in [6.45, 7) is 0. The van der Waals surface area contributed by atoms with Gasteiger partial charge in [0.1, 0.15) is 0 Å². The molecule has 0 aliphatic carbocycles. The summed E-state index contributed by atoms with van der Waals surface area (Å²) in [5.74, 6) is -2.06. The van der Waals surface area contributed by atoms with Crippen molar-refractivity contribution < 1.29 is 19.6 Å². The number of hydrogen-bond donors (Lipinski definition) is 1. The van der Waals surface area contributed by atoms with Gasteiger partial charge >= 0.3 is 0 Å². The van der Waals surface area contributed by atoms with Gasteiger partial charge in [-0.2, -0.15) is 0 Å². The summed E-state index contributed by atoms with van der Waals surface area (Å²) in [7, 11) is 0. The van der Waals surface area contributed by atoms with Crippen molar-refractivity contribution in [3.8, 4) is 11.3 Å². The van der Waals surface area contributed by atoms with Crippen LogP contribution in [0.15, 0.2) is 53.9 Å². The summed E-state index contributed by atoms with van der Waals surface area (Å²) in [5.41, 5.74) is 0.920. The summed E-state index contributed by atoms with van der Waals surface area (Å²) in [6, 6.07) is 11.6. The third-order valence-corrected chi connectivity index (χ3v) is 4.25. The monoisotopic (exact) mass is 368 g/mol. The molecule has 0 spiro atoms. The van der Waals surface area contributed by atoms with E-state index < -0.39 is 16.8 Å². The number of aromatic carboxylic acids is 1. The number of nitrogens with one attached hydrogen (secondary N) is 1. The van der Waals surface area contributed by atoms with Crippen molar-refractivity contribution in [3.05, 3.63) is 75.2 Å². The average molecular weight is 368 g/mol. The quantitative estimate of drug-likeness (QED) is 0.544. The van der Waals surface area contributed by atoms with Crippen molar-refractivity contribution in [1.29, 1.82) is 0 Å². The Kier molecular flexibility index (Phi) is 4.72. The van der Waals surface area contributed by atoms with Crippen LogP contribution in [-0.4, -0.2) is 21.8 Å². The van der Waals surface area contributed by atoms with Gasteiger partial charge in [0, 0.05) is 34.2 Å². The number of carbonyl (C=O) groups is 2. The predicted octanol–water partition coefficient (Wildman–Crippen LogP) is 2.33. The summed E-state index contributed by atoms with van der Waals surface area (Å²) >= 11 is 1.15. The maximum Gasteiger partial charge on any atom is 0.269 e. The van der Waals surface area contributed by atoms with E-state index in [1.54, 1.807) is 23.6 Å². The molecule has 8 nitrogen and oxygen atoms in total. The van der Waals surface area contributed by atoms with Crippen LogP contribution in [0.25, 0.3) is 11.3 Å². The number of non-ortho nitro benzene ring substituents is 1. The van der Waals surface area contributed by atoms with Crippen molar-refractivity contribution in [2.24, 2.45) is 0 Å². The SMILES string of the molecule is O=C([O-])c1ccccc1C(=O)Nc1nc(-c2ccc([N+](=O)[O-])cc2)cs1. The van der Waals surface area contributed by atoms with E-state index in [2.05, 4.69) is 10.3 Å². The van der Waals surface area contributed by atoms with Gasteiger partial charge in [0.25, 0.3) is 11.6 Å². The maximum atomic E-state index is 12.3. The number of nitrogens with zero attached hydrogens (tertiary/aromatic N) is 2.